The van der Waals surface area contributed by atoms with Crippen LogP contribution >= 0.6 is 0 Å². The molecule has 0 radical (unpaired) electrons. The maximum Gasteiger partial charge on any atom is 0.119 e. The van der Waals surface area contributed by atoms with Crippen LogP contribution < -0.4 is 10.5 Å². The molecular formula is C12H17NO. The van der Waals surface area contributed by atoms with Crippen LogP contribution in [0, 0.1) is 0 Å². The average Bonchev–Trinajstić information content (AvgIpc) is 2.19. The first-order valence-corrected chi connectivity index (χ1v) is 4.89. The molecule has 76 valence electrons. The highest BCUT2D eigenvalue weighted by Crippen LogP contribution is 2.20. The Bertz CT molecular complexity index is 307. The lowest BCUT2D eigenvalue weighted by Crippen LogP contribution is -1.99. The molecule has 0 heterocycles. The van der Waals surface area contributed by atoms with Gasteiger partial charge in [0.2, 0.25) is 0 Å². The Balaban J connectivity index is 2.77. The molecule has 2 heteroatoms. The van der Waals surface area contributed by atoms with Gasteiger partial charge in [-0.15, -0.1) is 0 Å². The average molecular weight is 191 g/mol. The van der Waals surface area contributed by atoms with Gasteiger partial charge in [-0.2, -0.15) is 0 Å². The van der Waals surface area contributed by atoms with E-state index in [1.165, 1.54) is 0 Å². The summed E-state index contributed by atoms with van der Waals surface area (Å²) >= 11 is 0. The van der Waals surface area contributed by atoms with Crippen molar-refractivity contribution in [3.8, 4) is 5.75 Å². The maximum absolute atomic E-state index is 5.47. The zero-order valence-corrected chi connectivity index (χ0v) is 8.62. The lowest BCUT2D eigenvalue weighted by Gasteiger charge is -2.07. The Kier molecular flexibility index (Phi) is 4.20. The quantitative estimate of drug-likeness (QED) is 0.775. The third-order valence-corrected chi connectivity index (χ3v) is 2.00. The second-order valence-electron chi connectivity index (χ2n) is 3.10. The van der Waals surface area contributed by atoms with E-state index in [1.807, 2.05) is 31.2 Å². The normalized spacial score (nSPS) is 9.86. The van der Waals surface area contributed by atoms with Crippen molar-refractivity contribution in [2.45, 2.75) is 13.3 Å². The van der Waals surface area contributed by atoms with Gasteiger partial charge in [0.25, 0.3) is 0 Å². The van der Waals surface area contributed by atoms with Crippen LogP contribution in [-0.4, -0.2) is 13.2 Å². The van der Waals surface area contributed by atoms with E-state index in [-0.39, 0.29) is 0 Å². The summed E-state index contributed by atoms with van der Waals surface area (Å²) in [6.45, 7) is 7.28. The molecule has 0 unspecified atom stereocenters. The van der Waals surface area contributed by atoms with Gasteiger partial charge in [-0.25, -0.2) is 0 Å². The summed E-state index contributed by atoms with van der Waals surface area (Å²) in [6.07, 6.45) is 0.829. The van der Waals surface area contributed by atoms with Gasteiger partial charge in [0, 0.05) is 0 Å². The summed E-state index contributed by atoms with van der Waals surface area (Å²) in [5, 5.41) is 0. The van der Waals surface area contributed by atoms with Gasteiger partial charge in [-0.1, -0.05) is 18.7 Å². The minimum absolute atomic E-state index is 0.637. The van der Waals surface area contributed by atoms with Crippen molar-refractivity contribution in [1.82, 2.24) is 0 Å². The first-order valence-electron chi connectivity index (χ1n) is 4.89. The van der Waals surface area contributed by atoms with Crippen LogP contribution in [-0.2, 0) is 0 Å². The monoisotopic (exact) mass is 191 g/mol. The Morgan fingerprint density at radius 1 is 1.50 bits per heavy atom. The summed E-state index contributed by atoms with van der Waals surface area (Å²) < 4.78 is 5.40. The molecule has 0 atom stereocenters. The predicted molar refractivity (Wildman–Crippen MR) is 60.3 cm³/mol. The molecule has 0 aliphatic heterocycles. The number of rotatable bonds is 5. The van der Waals surface area contributed by atoms with Crippen molar-refractivity contribution in [1.29, 1.82) is 0 Å². The number of hydrogen-bond acceptors (Lipinski definition) is 2. The molecule has 2 nitrogen and oxygen atoms in total. The first-order chi connectivity index (χ1) is 6.77. The summed E-state index contributed by atoms with van der Waals surface area (Å²) in [4.78, 5) is 0. The summed E-state index contributed by atoms with van der Waals surface area (Å²) in [7, 11) is 0. The first kappa shape index (κ1) is 10.8. The molecule has 1 aromatic carbocycles. The van der Waals surface area contributed by atoms with E-state index >= 15 is 0 Å². The second-order valence-corrected chi connectivity index (χ2v) is 3.10. The van der Waals surface area contributed by atoms with Gasteiger partial charge in [-0.05, 0) is 43.2 Å². The Morgan fingerprint density at radius 3 is 2.93 bits per heavy atom. The third kappa shape index (κ3) is 2.89. The van der Waals surface area contributed by atoms with Crippen LogP contribution in [0.1, 0.15) is 18.9 Å². The Morgan fingerprint density at radius 2 is 2.29 bits per heavy atom. The molecule has 1 rings (SSSR count). The van der Waals surface area contributed by atoms with Crippen molar-refractivity contribution < 1.29 is 4.74 Å². The number of ether oxygens (including phenoxy) is 1. The summed E-state index contributed by atoms with van der Waals surface area (Å²) in [5.74, 6) is 0.892. The van der Waals surface area contributed by atoms with Crippen LogP contribution in [0.15, 0.2) is 30.8 Å². The largest absolute Gasteiger partial charge is 0.494 e. The summed E-state index contributed by atoms with van der Waals surface area (Å²) in [5.41, 5.74) is 7.65. The molecular weight excluding hydrogens is 174 g/mol. The Labute approximate surface area is 85.4 Å². The molecule has 0 amide bonds. The van der Waals surface area contributed by atoms with Crippen LogP contribution in [0.4, 0.5) is 0 Å². The zero-order valence-electron chi connectivity index (χ0n) is 8.62. The molecule has 0 aromatic heterocycles. The highest BCUT2D eigenvalue weighted by atomic mass is 16.5. The predicted octanol–water partition coefficient (Wildman–Crippen LogP) is 2.45. The second kappa shape index (κ2) is 5.45. The van der Waals surface area contributed by atoms with E-state index in [1.54, 1.807) is 0 Å². The van der Waals surface area contributed by atoms with E-state index in [0.29, 0.717) is 13.2 Å². The minimum Gasteiger partial charge on any atom is -0.494 e. The van der Waals surface area contributed by atoms with E-state index in [9.17, 15) is 0 Å². The van der Waals surface area contributed by atoms with Crippen molar-refractivity contribution >= 4 is 5.57 Å². The minimum atomic E-state index is 0.637. The SMILES string of the molecule is C=C(CCN)c1cccc(OCC)c1. The van der Waals surface area contributed by atoms with Gasteiger partial charge in [0.05, 0.1) is 6.61 Å². The lowest BCUT2D eigenvalue weighted by molar-refractivity contribution is 0.340. The third-order valence-electron chi connectivity index (χ3n) is 2.00. The van der Waals surface area contributed by atoms with Crippen molar-refractivity contribution in [3.05, 3.63) is 36.4 Å². The molecule has 0 bridgehead atoms. The van der Waals surface area contributed by atoms with Crippen LogP contribution in [0.5, 0.6) is 5.75 Å². The molecule has 1 aromatic rings. The van der Waals surface area contributed by atoms with Gasteiger partial charge < -0.3 is 10.5 Å². The number of nitrogens with two attached hydrogens (primary N) is 1. The van der Waals surface area contributed by atoms with Crippen molar-refractivity contribution in [2.24, 2.45) is 5.73 Å². The van der Waals surface area contributed by atoms with E-state index < -0.39 is 0 Å². The van der Waals surface area contributed by atoms with Crippen molar-refractivity contribution in [3.63, 3.8) is 0 Å². The van der Waals surface area contributed by atoms with Gasteiger partial charge in [0.1, 0.15) is 5.75 Å². The highest BCUT2D eigenvalue weighted by molar-refractivity contribution is 5.64. The van der Waals surface area contributed by atoms with E-state index in [2.05, 4.69) is 6.58 Å². The topological polar surface area (TPSA) is 35.2 Å². The fourth-order valence-corrected chi connectivity index (χ4v) is 1.29. The zero-order chi connectivity index (χ0) is 10.4. The van der Waals surface area contributed by atoms with Crippen molar-refractivity contribution in [2.75, 3.05) is 13.2 Å². The molecule has 0 saturated heterocycles. The van der Waals surface area contributed by atoms with Gasteiger partial charge in [-0.3, -0.25) is 0 Å². The fourth-order valence-electron chi connectivity index (χ4n) is 1.29. The van der Waals surface area contributed by atoms with Crippen LogP contribution in [0.3, 0.4) is 0 Å². The van der Waals surface area contributed by atoms with Crippen LogP contribution in [0.25, 0.3) is 5.57 Å². The number of hydrogen-bond donors (Lipinski definition) is 1. The molecule has 2 N–H and O–H groups in total. The summed E-state index contributed by atoms with van der Waals surface area (Å²) in [6, 6.07) is 7.95. The molecule has 0 spiro atoms. The fraction of sp³-hybridized carbons (Fsp3) is 0.333. The lowest BCUT2D eigenvalue weighted by atomic mass is 10.0. The van der Waals surface area contributed by atoms with E-state index in [0.717, 1.165) is 23.3 Å². The molecule has 0 saturated carbocycles. The van der Waals surface area contributed by atoms with E-state index in [4.69, 9.17) is 10.5 Å². The standard InChI is InChI=1S/C12H17NO/c1-3-14-12-6-4-5-11(9-12)10(2)7-8-13/h4-6,9H,2-3,7-8,13H2,1H3. The molecule has 0 aliphatic rings. The highest BCUT2D eigenvalue weighted by Gasteiger charge is 1.99. The molecule has 0 fully saturated rings. The maximum atomic E-state index is 5.47. The smallest absolute Gasteiger partial charge is 0.119 e. The molecule has 14 heavy (non-hydrogen) atoms. The number of benzene rings is 1. The van der Waals surface area contributed by atoms with Gasteiger partial charge in [0.15, 0.2) is 0 Å². The van der Waals surface area contributed by atoms with Gasteiger partial charge >= 0.3 is 0 Å². The van der Waals surface area contributed by atoms with Crippen LogP contribution in [0.2, 0.25) is 0 Å². The Hall–Kier alpha value is -1.28. The molecule has 0 aliphatic carbocycles.